The van der Waals surface area contributed by atoms with Crippen molar-refractivity contribution in [1.29, 1.82) is 0 Å². The van der Waals surface area contributed by atoms with Gasteiger partial charge in [0.25, 0.3) is 0 Å². The zero-order valence-corrected chi connectivity index (χ0v) is 11.7. The highest BCUT2D eigenvalue weighted by Gasteiger charge is 2.33. The van der Waals surface area contributed by atoms with Gasteiger partial charge in [-0.25, -0.2) is 0 Å². The van der Waals surface area contributed by atoms with Gasteiger partial charge in [0.15, 0.2) is 0 Å². The lowest BCUT2D eigenvalue weighted by Gasteiger charge is -2.27. The summed E-state index contributed by atoms with van der Waals surface area (Å²) in [4.78, 5) is 1.42. The molecule has 1 aromatic rings. The molecule has 2 rings (SSSR count). The summed E-state index contributed by atoms with van der Waals surface area (Å²) < 4.78 is 1.23. The third kappa shape index (κ3) is 2.83. The molecule has 84 valence electrons. The first-order valence-electron chi connectivity index (χ1n) is 5.55. The molecule has 0 aliphatic heterocycles. The minimum atomic E-state index is 0.481. The van der Waals surface area contributed by atoms with Crippen molar-refractivity contribution in [3.05, 3.63) is 20.8 Å². The van der Waals surface area contributed by atoms with Crippen molar-refractivity contribution in [2.24, 2.45) is 5.41 Å². The molecular formula is C12H18BrNS. The SMILES string of the molecule is CC1(C)CCCC1NCc1ccc(Br)s1. The van der Waals surface area contributed by atoms with Gasteiger partial charge in [0.2, 0.25) is 0 Å². The molecular weight excluding hydrogens is 270 g/mol. The number of nitrogens with one attached hydrogen (secondary N) is 1. The van der Waals surface area contributed by atoms with Crippen LogP contribution in [0, 0.1) is 5.41 Å². The van der Waals surface area contributed by atoms with Gasteiger partial charge in [0.1, 0.15) is 0 Å². The highest BCUT2D eigenvalue weighted by Crippen LogP contribution is 2.37. The Balaban J connectivity index is 1.88. The Bertz CT molecular complexity index is 332. The molecule has 1 atom stereocenters. The summed E-state index contributed by atoms with van der Waals surface area (Å²) in [6.45, 7) is 5.77. The van der Waals surface area contributed by atoms with Crippen LogP contribution in [0.2, 0.25) is 0 Å². The summed E-state index contributed by atoms with van der Waals surface area (Å²) in [5.41, 5.74) is 0.481. The minimum Gasteiger partial charge on any atom is -0.309 e. The van der Waals surface area contributed by atoms with Crippen LogP contribution >= 0.6 is 27.3 Å². The van der Waals surface area contributed by atoms with E-state index in [1.54, 1.807) is 0 Å². The molecule has 1 aliphatic carbocycles. The second kappa shape index (κ2) is 4.56. The van der Waals surface area contributed by atoms with Crippen LogP contribution in [-0.4, -0.2) is 6.04 Å². The summed E-state index contributed by atoms with van der Waals surface area (Å²) in [6, 6.07) is 5.02. The van der Waals surface area contributed by atoms with E-state index in [0.29, 0.717) is 11.5 Å². The molecule has 15 heavy (non-hydrogen) atoms. The number of hydrogen-bond acceptors (Lipinski definition) is 2. The highest BCUT2D eigenvalue weighted by atomic mass is 79.9. The maximum absolute atomic E-state index is 3.69. The first kappa shape index (κ1) is 11.6. The van der Waals surface area contributed by atoms with Crippen LogP contribution in [0.5, 0.6) is 0 Å². The topological polar surface area (TPSA) is 12.0 Å². The Morgan fingerprint density at radius 3 is 2.87 bits per heavy atom. The maximum Gasteiger partial charge on any atom is 0.0701 e. The van der Waals surface area contributed by atoms with Gasteiger partial charge in [-0.05, 0) is 46.3 Å². The third-order valence-corrected chi connectivity index (χ3v) is 5.03. The van der Waals surface area contributed by atoms with Gasteiger partial charge >= 0.3 is 0 Å². The van der Waals surface area contributed by atoms with E-state index in [-0.39, 0.29) is 0 Å². The molecule has 0 bridgehead atoms. The molecule has 0 aromatic carbocycles. The van der Waals surface area contributed by atoms with Crippen molar-refractivity contribution in [1.82, 2.24) is 5.32 Å². The predicted molar refractivity (Wildman–Crippen MR) is 70.3 cm³/mol. The summed E-state index contributed by atoms with van der Waals surface area (Å²) in [5.74, 6) is 0. The fraction of sp³-hybridized carbons (Fsp3) is 0.667. The van der Waals surface area contributed by atoms with E-state index in [0.717, 1.165) is 6.54 Å². The summed E-state index contributed by atoms with van der Waals surface area (Å²) in [6.07, 6.45) is 4.07. The lowest BCUT2D eigenvalue weighted by atomic mass is 9.87. The van der Waals surface area contributed by atoms with Crippen molar-refractivity contribution < 1.29 is 0 Å². The highest BCUT2D eigenvalue weighted by molar-refractivity contribution is 9.11. The van der Waals surface area contributed by atoms with Crippen molar-refractivity contribution in [2.45, 2.75) is 45.7 Å². The second-order valence-electron chi connectivity index (χ2n) is 5.02. The Morgan fingerprint density at radius 2 is 2.33 bits per heavy atom. The monoisotopic (exact) mass is 287 g/mol. The Labute approximate surface area is 104 Å². The van der Waals surface area contributed by atoms with Gasteiger partial charge in [0.05, 0.1) is 3.79 Å². The lowest BCUT2D eigenvalue weighted by Crippen LogP contribution is -2.36. The zero-order valence-electron chi connectivity index (χ0n) is 9.35. The standard InChI is InChI=1S/C12H18BrNS/c1-12(2)7-3-4-10(12)14-8-9-5-6-11(13)15-9/h5-6,10,14H,3-4,7-8H2,1-2H3. The fourth-order valence-electron chi connectivity index (χ4n) is 2.38. The van der Waals surface area contributed by atoms with E-state index < -0.39 is 0 Å². The molecule has 3 heteroatoms. The van der Waals surface area contributed by atoms with E-state index in [1.807, 2.05) is 11.3 Å². The molecule has 1 fully saturated rings. The lowest BCUT2D eigenvalue weighted by molar-refractivity contribution is 0.283. The van der Waals surface area contributed by atoms with Crippen molar-refractivity contribution in [3.63, 3.8) is 0 Å². The zero-order chi connectivity index (χ0) is 10.9. The molecule has 1 aromatic heterocycles. The Hall–Kier alpha value is 0.140. The molecule has 0 spiro atoms. The average Bonchev–Trinajstić information content (AvgIpc) is 2.69. The minimum absolute atomic E-state index is 0.481. The third-order valence-electron chi connectivity index (χ3n) is 3.41. The van der Waals surface area contributed by atoms with Crippen LogP contribution in [0.3, 0.4) is 0 Å². The summed E-state index contributed by atoms with van der Waals surface area (Å²) in [5, 5.41) is 3.69. The van der Waals surface area contributed by atoms with Gasteiger partial charge in [-0.2, -0.15) is 0 Å². The maximum atomic E-state index is 3.69. The van der Waals surface area contributed by atoms with Gasteiger partial charge < -0.3 is 5.32 Å². The Kier molecular flexibility index (Phi) is 3.53. The summed E-state index contributed by atoms with van der Waals surface area (Å²) >= 11 is 5.32. The Morgan fingerprint density at radius 1 is 1.53 bits per heavy atom. The number of hydrogen-bond donors (Lipinski definition) is 1. The first-order chi connectivity index (χ1) is 7.08. The smallest absolute Gasteiger partial charge is 0.0701 e. The largest absolute Gasteiger partial charge is 0.309 e. The second-order valence-corrected chi connectivity index (χ2v) is 7.57. The molecule has 1 heterocycles. The van der Waals surface area contributed by atoms with Crippen LogP contribution in [0.15, 0.2) is 15.9 Å². The molecule has 1 nitrogen and oxygen atoms in total. The fourth-order valence-corrected chi connectivity index (χ4v) is 3.81. The number of thiophene rings is 1. The van der Waals surface area contributed by atoms with E-state index in [1.165, 1.54) is 27.9 Å². The van der Waals surface area contributed by atoms with E-state index in [4.69, 9.17) is 0 Å². The summed E-state index contributed by atoms with van der Waals surface area (Å²) in [7, 11) is 0. The molecule has 0 radical (unpaired) electrons. The normalized spacial score (nSPS) is 24.6. The quantitative estimate of drug-likeness (QED) is 0.880. The van der Waals surface area contributed by atoms with Crippen LogP contribution in [0.4, 0.5) is 0 Å². The van der Waals surface area contributed by atoms with Crippen molar-refractivity contribution in [2.75, 3.05) is 0 Å². The molecule has 1 aliphatic rings. The van der Waals surface area contributed by atoms with E-state index in [2.05, 4.69) is 47.2 Å². The van der Waals surface area contributed by atoms with E-state index >= 15 is 0 Å². The number of rotatable bonds is 3. The van der Waals surface area contributed by atoms with Gasteiger partial charge in [-0.1, -0.05) is 20.3 Å². The molecule has 1 N–H and O–H groups in total. The van der Waals surface area contributed by atoms with Gasteiger partial charge in [-0.15, -0.1) is 11.3 Å². The van der Waals surface area contributed by atoms with E-state index in [9.17, 15) is 0 Å². The molecule has 1 saturated carbocycles. The average molecular weight is 288 g/mol. The van der Waals surface area contributed by atoms with Crippen LogP contribution < -0.4 is 5.32 Å². The molecule has 0 saturated heterocycles. The van der Waals surface area contributed by atoms with Gasteiger partial charge in [-0.3, -0.25) is 0 Å². The predicted octanol–water partition coefficient (Wildman–Crippen LogP) is 4.18. The molecule has 1 unspecified atom stereocenters. The van der Waals surface area contributed by atoms with Crippen LogP contribution in [0.1, 0.15) is 38.0 Å². The number of halogens is 1. The first-order valence-corrected chi connectivity index (χ1v) is 7.16. The van der Waals surface area contributed by atoms with Gasteiger partial charge in [0, 0.05) is 17.5 Å². The van der Waals surface area contributed by atoms with Crippen LogP contribution in [0.25, 0.3) is 0 Å². The van der Waals surface area contributed by atoms with Crippen molar-refractivity contribution >= 4 is 27.3 Å². The molecule has 0 amide bonds. The van der Waals surface area contributed by atoms with Crippen LogP contribution in [-0.2, 0) is 6.54 Å². The van der Waals surface area contributed by atoms with Crippen molar-refractivity contribution in [3.8, 4) is 0 Å².